The molecule has 0 aromatic heterocycles. The highest BCUT2D eigenvalue weighted by Crippen LogP contribution is 2.67. The van der Waals surface area contributed by atoms with Gasteiger partial charge < -0.3 is 25.4 Å². The molecule has 3 unspecified atom stereocenters. The van der Waals surface area contributed by atoms with Gasteiger partial charge in [0, 0.05) is 34.6 Å². The molecule has 3 heterocycles. The van der Waals surface area contributed by atoms with Gasteiger partial charge in [0.2, 0.25) is 17.7 Å². The molecule has 0 saturated carbocycles. The summed E-state index contributed by atoms with van der Waals surface area (Å²) in [6, 6.07) is 20.1. The summed E-state index contributed by atoms with van der Waals surface area (Å²) in [5.74, 6) is -1.22. The molecule has 6 atom stereocenters. The minimum absolute atomic E-state index is 0.0265. The molecular formula is C31H32BrN3O5S. The third-order valence-corrected chi connectivity index (χ3v) is 11.6. The second kappa shape index (κ2) is 11.3. The number of nitrogens with zero attached hydrogens (tertiary/aromatic N) is 1. The average Bonchev–Trinajstić information content (AvgIpc) is 3.56. The van der Waals surface area contributed by atoms with Crippen molar-refractivity contribution in [1.29, 1.82) is 0 Å². The van der Waals surface area contributed by atoms with Crippen molar-refractivity contribution < 1.29 is 24.2 Å². The van der Waals surface area contributed by atoms with Crippen LogP contribution in [-0.2, 0) is 14.4 Å². The van der Waals surface area contributed by atoms with Gasteiger partial charge in [0.05, 0.1) is 23.2 Å². The first-order chi connectivity index (χ1) is 19.9. The van der Waals surface area contributed by atoms with Gasteiger partial charge in [0.15, 0.2) is 0 Å². The highest BCUT2D eigenvalue weighted by molar-refractivity contribution is 9.09. The van der Waals surface area contributed by atoms with E-state index in [0.29, 0.717) is 36.6 Å². The second-order valence-electron chi connectivity index (χ2n) is 10.8. The fourth-order valence-corrected chi connectivity index (χ4v) is 10.3. The number of alkyl halides is 1. The second-order valence-corrected chi connectivity index (χ2v) is 13.5. The predicted octanol–water partition coefficient (Wildman–Crippen LogP) is 4.66. The molecule has 1 spiro atoms. The number of aliphatic hydroxyl groups excluding tert-OH is 1. The Labute approximate surface area is 251 Å². The molecule has 3 fully saturated rings. The number of halogens is 1. The Bertz CT molecular complexity index is 1490. The molecule has 3 amide bonds. The van der Waals surface area contributed by atoms with E-state index in [2.05, 4.69) is 26.6 Å². The first-order valence-corrected chi connectivity index (χ1v) is 15.7. The van der Waals surface area contributed by atoms with Crippen LogP contribution in [0, 0.1) is 11.8 Å². The van der Waals surface area contributed by atoms with Gasteiger partial charge in [-0.1, -0.05) is 46.3 Å². The van der Waals surface area contributed by atoms with Gasteiger partial charge in [-0.25, -0.2) is 0 Å². The van der Waals surface area contributed by atoms with Gasteiger partial charge >= 0.3 is 0 Å². The van der Waals surface area contributed by atoms with Crippen LogP contribution in [0.5, 0.6) is 5.75 Å². The summed E-state index contributed by atoms with van der Waals surface area (Å²) < 4.78 is 4.75. The number of likely N-dealkylation sites (tertiary alicyclic amines) is 1. The molecule has 3 aliphatic rings. The maximum absolute atomic E-state index is 14.0. The molecule has 3 aromatic carbocycles. The first kappa shape index (κ1) is 28.1. The lowest BCUT2D eigenvalue weighted by molar-refractivity contribution is -0.138. The summed E-state index contributed by atoms with van der Waals surface area (Å²) in [7, 11) is 0. The van der Waals surface area contributed by atoms with E-state index in [1.165, 1.54) is 0 Å². The average molecular weight is 639 g/mol. The minimum atomic E-state index is -0.767. The molecule has 8 nitrogen and oxygen atoms in total. The van der Waals surface area contributed by atoms with E-state index >= 15 is 0 Å². The van der Waals surface area contributed by atoms with Crippen LogP contribution >= 0.6 is 27.7 Å². The fourth-order valence-electron chi connectivity index (χ4n) is 6.72. The normalized spacial score (nSPS) is 28.1. The van der Waals surface area contributed by atoms with Crippen molar-refractivity contribution in [3.63, 3.8) is 0 Å². The molecule has 10 heteroatoms. The number of anilines is 2. The van der Waals surface area contributed by atoms with E-state index in [9.17, 15) is 19.5 Å². The van der Waals surface area contributed by atoms with Crippen molar-refractivity contribution in [2.24, 2.45) is 11.8 Å². The van der Waals surface area contributed by atoms with Gasteiger partial charge in [-0.3, -0.25) is 14.4 Å². The van der Waals surface area contributed by atoms with Crippen molar-refractivity contribution in [3.8, 4) is 5.75 Å². The number of hydrogen-bond acceptors (Lipinski definition) is 6. The van der Waals surface area contributed by atoms with Gasteiger partial charge in [-0.2, -0.15) is 0 Å². The highest BCUT2D eigenvalue weighted by atomic mass is 79.9. The van der Waals surface area contributed by atoms with Crippen LogP contribution in [0.2, 0.25) is 0 Å². The van der Waals surface area contributed by atoms with E-state index < -0.39 is 22.6 Å². The van der Waals surface area contributed by atoms with Gasteiger partial charge in [0.25, 0.3) is 0 Å². The Kier molecular flexibility index (Phi) is 7.74. The van der Waals surface area contributed by atoms with Crippen LogP contribution in [-0.4, -0.2) is 68.4 Å². The van der Waals surface area contributed by atoms with E-state index in [-0.39, 0.29) is 41.0 Å². The lowest BCUT2D eigenvalue weighted by Gasteiger charge is -2.35. The van der Waals surface area contributed by atoms with E-state index in [1.807, 2.05) is 49.4 Å². The number of ether oxygens (including phenoxy) is 1. The molecule has 3 saturated heterocycles. The Morgan fingerprint density at radius 3 is 2.49 bits per heavy atom. The topological polar surface area (TPSA) is 108 Å². The molecule has 0 radical (unpaired) electrons. The number of amides is 3. The summed E-state index contributed by atoms with van der Waals surface area (Å²) >= 11 is 5.38. The molecule has 3 aliphatic heterocycles. The van der Waals surface area contributed by atoms with Crippen molar-refractivity contribution >= 4 is 67.6 Å². The Balaban J connectivity index is 1.29. The number of thioether (sulfide) groups is 1. The maximum Gasteiger partial charge on any atom is 0.248 e. The number of hydrogen-bond donors (Lipinski definition) is 3. The monoisotopic (exact) mass is 637 g/mol. The zero-order chi connectivity index (χ0) is 28.7. The zero-order valence-corrected chi connectivity index (χ0v) is 25.0. The Morgan fingerprint density at radius 1 is 1.05 bits per heavy atom. The number of carbonyl (C=O) groups excluding carboxylic acids is 3. The SMILES string of the molecule is CCOc1ccc(NC(=O)[C@H]2[C@H]3C(=O)N(CCCO)C(C(=O)Nc4ccc5ccccc5c4)C34CC(Br)[C@@H]2S4)cc1. The fraction of sp³-hybridized carbons (Fsp3) is 0.387. The van der Waals surface area contributed by atoms with Crippen LogP contribution in [0.4, 0.5) is 11.4 Å². The Morgan fingerprint density at radius 2 is 1.76 bits per heavy atom. The van der Waals surface area contributed by atoms with Gasteiger partial charge in [0.1, 0.15) is 11.8 Å². The molecule has 214 valence electrons. The van der Waals surface area contributed by atoms with E-state index in [1.54, 1.807) is 40.9 Å². The quantitative estimate of drug-likeness (QED) is 0.295. The number of carbonyl (C=O) groups is 3. The lowest BCUT2D eigenvalue weighted by Crippen LogP contribution is -2.52. The molecule has 3 aromatic rings. The van der Waals surface area contributed by atoms with Crippen LogP contribution in [0.3, 0.4) is 0 Å². The van der Waals surface area contributed by atoms with Crippen molar-refractivity contribution in [2.75, 3.05) is 30.4 Å². The summed E-state index contributed by atoms with van der Waals surface area (Å²) in [6.45, 7) is 2.61. The maximum atomic E-state index is 14.0. The predicted molar refractivity (Wildman–Crippen MR) is 164 cm³/mol. The van der Waals surface area contributed by atoms with Gasteiger partial charge in [-0.05, 0) is 66.9 Å². The first-order valence-electron chi connectivity index (χ1n) is 13.9. The van der Waals surface area contributed by atoms with E-state index in [4.69, 9.17) is 4.74 Å². The highest BCUT2D eigenvalue weighted by Gasteiger charge is 2.75. The third-order valence-electron chi connectivity index (χ3n) is 8.35. The van der Waals surface area contributed by atoms with Crippen LogP contribution in [0.1, 0.15) is 19.8 Å². The Hall–Kier alpha value is -3.08. The number of fused-ring (bicyclic) bond motifs is 2. The molecular weight excluding hydrogens is 606 g/mol. The number of nitrogens with one attached hydrogen (secondary N) is 2. The number of benzene rings is 3. The summed E-state index contributed by atoms with van der Waals surface area (Å²) in [4.78, 5) is 43.4. The largest absolute Gasteiger partial charge is 0.494 e. The smallest absolute Gasteiger partial charge is 0.248 e. The summed E-state index contributed by atoms with van der Waals surface area (Å²) in [5.41, 5.74) is 1.28. The molecule has 0 aliphatic carbocycles. The van der Waals surface area contributed by atoms with Crippen LogP contribution in [0.15, 0.2) is 66.7 Å². The number of rotatable bonds is 9. The zero-order valence-electron chi connectivity index (χ0n) is 22.6. The van der Waals surface area contributed by atoms with E-state index in [0.717, 1.165) is 10.8 Å². The third kappa shape index (κ3) is 4.89. The van der Waals surface area contributed by atoms with Crippen LogP contribution in [0.25, 0.3) is 10.8 Å². The standard InChI is InChI=1S/C31H32BrN3O5S/c1-2-40-22-12-10-20(11-13-22)33-28(37)24-25-30(39)35(14-5-15-36)27(31(25)17-23(32)26(24)41-31)29(38)34-21-9-8-18-6-3-4-7-19(18)16-21/h3-4,6-13,16,23-27,36H,2,5,14-15,17H2,1H3,(H,33,37)(H,34,38)/t23?,24-,25-,26-,27?,31?/m0/s1. The van der Waals surface area contributed by atoms with Gasteiger partial charge in [-0.15, -0.1) is 11.8 Å². The summed E-state index contributed by atoms with van der Waals surface area (Å²) in [5, 5.41) is 17.6. The van der Waals surface area contributed by atoms with Crippen molar-refractivity contribution in [2.45, 2.75) is 40.6 Å². The van der Waals surface area contributed by atoms with Crippen LogP contribution < -0.4 is 15.4 Å². The number of aliphatic hydroxyl groups is 1. The molecule has 2 bridgehead atoms. The molecule has 3 N–H and O–H groups in total. The molecule has 41 heavy (non-hydrogen) atoms. The van der Waals surface area contributed by atoms with Crippen molar-refractivity contribution in [3.05, 3.63) is 66.7 Å². The molecule has 6 rings (SSSR count). The summed E-state index contributed by atoms with van der Waals surface area (Å²) in [6.07, 6.45) is 0.945. The minimum Gasteiger partial charge on any atom is -0.494 e. The lowest BCUT2D eigenvalue weighted by atomic mass is 9.70. The van der Waals surface area contributed by atoms with Crippen molar-refractivity contribution in [1.82, 2.24) is 4.90 Å².